The molecule has 5 rings (SSSR count). The number of rotatable bonds is 4. The van der Waals surface area contributed by atoms with E-state index < -0.39 is 0 Å². The van der Waals surface area contributed by atoms with Crippen LogP contribution in [0.4, 0.5) is 0 Å². The number of hydrogen-bond donors (Lipinski definition) is 1. The molecule has 0 bridgehead atoms. The van der Waals surface area contributed by atoms with Gasteiger partial charge in [0.05, 0.1) is 6.61 Å². The van der Waals surface area contributed by atoms with Gasteiger partial charge in [0.1, 0.15) is 5.75 Å². The largest absolute Gasteiger partial charge is 0.493 e. The molecule has 2 heterocycles. The molecule has 0 saturated heterocycles. The zero-order chi connectivity index (χ0) is 18.2. The first-order chi connectivity index (χ1) is 13.3. The Morgan fingerprint density at radius 3 is 2.70 bits per heavy atom. The number of aryl methyl sites for hydroxylation is 1. The van der Waals surface area contributed by atoms with Crippen LogP contribution in [0.5, 0.6) is 5.75 Å². The van der Waals surface area contributed by atoms with Gasteiger partial charge in [-0.25, -0.2) is 0 Å². The van der Waals surface area contributed by atoms with E-state index in [1.165, 1.54) is 32.9 Å². The van der Waals surface area contributed by atoms with Crippen molar-refractivity contribution in [3.05, 3.63) is 77.9 Å². The second-order valence-electron chi connectivity index (χ2n) is 7.22. The second kappa shape index (κ2) is 6.75. The quantitative estimate of drug-likeness (QED) is 0.528. The van der Waals surface area contributed by atoms with Crippen LogP contribution in [-0.4, -0.2) is 11.2 Å². The molecule has 1 aromatic heterocycles. The van der Waals surface area contributed by atoms with E-state index in [2.05, 4.69) is 77.5 Å². The minimum atomic E-state index is 0.350. The molecule has 136 valence electrons. The Morgan fingerprint density at radius 1 is 0.963 bits per heavy atom. The molecule has 3 nitrogen and oxygen atoms in total. The number of fused-ring (bicyclic) bond motifs is 4. The van der Waals surface area contributed by atoms with Gasteiger partial charge < -0.3 is 14.6 Å². The number of ether oxygens (including phenoxy) is 1. The van der Waals surface area contributed by atoms with Crippen LogP contribution in [0.1, 0.15) is 30.5 Å². The summed E-state index contributed by atoms with van der Waals surface area (Å²) in [5, 5.41) is 6.43. The number of para-hydroxylation sites is 2. The van der Waals surface area contributed by atoms with Crippen LogP contribution in [0.25, 0.3) is 21.8 Å². The minimum Gasteiger partial charge on any atom is -0.493 e. The van der Waals surface area contributed by atoms with Crippen LogP contribution < -0.4 is 10.1 Å². The summed E-state index contributed by atoms with van der Waals surface area (Å²) in [5.74, 6) is 1.02. The standard InChI is InChI=1S/C24H24N2O/c1-2-26-22-9-5-3-7-18(22)20-15-17(11-12-23(20)26)16-25-21-13-14-27-24-10-6-4-8-19(21)24/h3-12,15,21,25H,2,13-14,16H2,1H3. The highest BCUT2D eigenvalue weighted by molar-refractivity contribution is 6.08. The molecule has 27 heavy (non-hydrogen) atoms. The highest BCUT2D eigenvalue weighted by Gasteiger charge is 2.20. The normalized spacial score (nSPS) is 16.4. The van der Waals surface area contributed by atoms with Crippen LogP contribution in [0.3, 0.4) is 0 Å². The predicted octanol–water partition coefficient (Wildman–Crippen LogP) is 5.43. The van der Waals surface area contributed by atoms with E-state index in [0.29, 0.717) is 6.04 Å². The van der Waals surface area contributed by atoms with Crippen molar-refractivity contribution in [1.29, 1.82) is 0 Å². The first kappa shape index (κ1) is 16.4. The lowest BCUT2D eigenvalue weighted by atomic mass is 10.00. The number of aromatic nitrogens is 1. The summed E-state index contributed by atoms with van der Waals surface area (Å²) < 4.78 is 8.18. The fourth-order valence-electron chi connectivity index (χ4n) is 4.35. The molecule has 0 aliphatic carbocycles. The third kappa shape index (κ3) is 2.79. The fourth-order valence-corrected chi connectivity index (χ4v) is 4.35. The number of hydrogen-bond acceptors (Lipinski definition) is 2. The molecule has 1 aliphatic heterocycles. The molecule has 1 N–H and O–H groups in total. The summed E-state index contributed by atoms with van der Waals surface area (Å²) in [7, 11) is 0. The van der Waals surface area contributed by atoms with Gasteiger partial charge in [0.2, 0.25) is 0 Å². The Hall–Kier alpha value is -2.78. The maximum Gasteiger partial charge on any atom is 0.124 e. The lowest BCUT2D eigenvalue weighted by molar-refractivity contribution is 0.252. The molecule has 3 heteroatoms. The maximum absolute atomic E-state index is 5.78. The lowest BCUT2D eigenvalue weighted by Crippen LogP contribution is -2.26. The van der Waals surface area contributed by atoms with Gasteiger partial charge in [-0.15, -0.1) is 0 Å². The summed E-state index contributed by atoms with van der Waals surface area (Å²) in [6, 6.07) is 24.3. The Bertz CT molecular complexity index is 1110. The predicted molar refractivity (Wildman–Crippen MR) is 111 cm³/mol. The van der Waals surface area contributed by atoms with E-state index in [1.54, 1.807) is 0 Å². The van der Waals surface area contributed by atoms with E-state index in [9.17, 15) is 0 Å². The van der Waals surface area contributed by atoms with Crippen LogP contribution >= 0.6 is 0 Å². The number of benzene rings is 3. The van der Waals surface area contributed by atoms with Gasteiger partial charge in [-0.3, -0.25) is 0 Å². The average molecular weight is 356 g/mol. The molecule has 3 aromatic carbocycles. The van der Waals surface area contributed by atoms with Gasteiger partial charge in [-0.2, -0.15) is 0 Å². The van der Waals surface area contributed by atoms with Crippen LogP contribution in [0.2, 0.25) is 0 Å². The van der Waals surface area contributed by atoms with Gasteiger partial charge in [0.15, 0.2) is 0 Å². The van der Waals surface area contributed by atoms with Gasteiger partial charge in [-0.1, -0.05) is 42.5 Å². The van der Waals surface area contributed by atoms with Gasteiger partial charge >= 0.3 is 0 Å². The average Bonchev–Trinajstić information content (AvgIpc) is 3.05. The first-order valence-electron chi connectivity index (χ1n) is 9.80. The first-order valence-corrected chi connectivity index (χ1v) is 9.80. The van der Waals surface area contributed by atoms with Crippen molar-refractivity contribution in [3.63, 3.8) is 0 Å². The summed E-state index contributed by atoms with van der Waals surface area (Å²) in [5.41, 5.74) is 5.23. The Kier molecular flexibility index (Phi) is 4.10. The third-order valence-electron chi connectivity index (χ3n) is 5.66. The molecule has 1 atom stereocenters. The molecule has 1 aliphatic rings. The highest BCUT2D eigenvalue weighted by atomic mass is 16.5. The molecule has 0 fully saturated rings. The van der Waals surface area contributed by atoms with Crippen molar-refractivity contribution in [2.24, 2.45) is 0 Å². The molecule has 1 unspecified atom stereocenters. The molecule has 0 radical (unpaired) electrons. The lowest BCUT2D eigenvalue weighted by Gasteiger charge is -2.26. The van der Waals surface area contributed by atoms with Crippen molar-refractivity contribution < 1.29 is 4.74 Å². The molecule has 0 saturated carbocycles. The monoisotopic (exact) mass is 356 g/mol. The van der Waals surface area contributed by atoms with Crippen LogP contribution in [0.15, 0.2) is 66.7 Å². The molecular weight excluding hydrogens is 332 g/mol. The van der Waals surface area contributed by atoms with E-state index in [4.69, 9.17) is 4.74 Å². The Labute approximate surface area is 159 Å². The van der Waals surface area contributed by atoms with Gasteiger partial charge in [-0.05, 0) is 36.8 Å². The Balaban J connectivity index is 1.46. The zero-order valence-electron chi connectivity index (χ0n) is 15.6. The summed E-state index contributed by atoms with van der Waals surface area (Å²) in [6.07, 6.45) is 1.01. The maximum atomic E-state index is 5.78. The smallest absolute Gasteiger partial charge is 0.124 e. The molecule has 0 spiro atoms. The van der Waals surface area contributed by atoms with E-state index in [1.807, 2.05) is 6.07 Å². The van der Waals surface area contributed by atoms with Gasteiger partial charge in [0.25, 0.3) is 0 Å². The van der Waals surface area contributed by atoms with Crippen molar-refractivity contribution in [2.45, 2.75) is 32.5 Å². The van der Waals surface area contributed by atoms with Crippen LogP contribution in [-0.2, 0) is 13.1 Å². The van der Waals surface area contributed by atoms with E-state index >= 15 is 0 Å². The number of nitrogens with one attached hydrogen (secondary N) is 1. The van der Waals surface area contributed by atoms with Crippen LogP contribution in [0, 0.1) is 0 Å². The third-order valence-corrected chi connectivity index (χ3v) is 5.66. The summed E-state index contributed by atoms with van der Waals surface area (Å²) in [6.45, 7) is 4.84. The van der Waals surface area contributed by atoms with E-state index in [0.717, 1.165) is 31.9 Å². The van der Waals surface area contributed by atoms with Crippen molar-refractivity contribution >= 4 is 21.8 Å². The van der Waals surface area contributed by atoms with Gasteiger partial charge in [0, 0.05) is 52.9 Å². The Morgan fingerprint density at radius 2 is 1.78 bits per heavy atom. The zero-order valence-corrected chi connectivity index (χ0v) is 15.6. The summed E-state index contributed by atoms with van der Waals surface area (Å²) >= 11 is 0. The number of nitrogens with zero attached hydrogens (tertiary/aromatic N) is 1. The van der Waals surface area contributed by atoms with Crippen molar-refractivity contribution in [1.82, 2.24) is 9.88 Å². The van der Waals surface area contributed by atoms with E-state index in [-0.39, 0.29) is 0 Å². The topological polar surface area (TPSA) is 26.2 Å². The van der Waals surface area contributed by atoms with Crippen molar-refractivity contribution in [3.8, 4) is 5.75 Å². The molecule has 4 aromatic rings. The minimum absolute atomic E-state index is 0.350. The molecular formula is C24H24N2O. The fraction of sp³-hybridized carbons (Fsp3) is 0.250. The highest BCUT2D eigenvalue weighted by Crippen LogP contribution is 2.33. The second-order valence-corrected chi connectivity index (χ2v) is 7.22. The molecule has 0 amide bonds. The SMILES string of the molecule is CCn1c2ccccc2c2cc(CNC3CCOc4ccccc43)ccc21. The van der Waals surface area contributed by atoms with Crippen molar-refractivity contribution in [2.75, 3.05) is 6.61 Å². The summed E-state index contributed by atoms with van der Waals surface area (Å²) in [4.78, 5) is 0.